The van der Waals surface area contributed by atoms with Crippen molar-refractivity contribution in [2.45, 2.75) is 42.5 Å². The van der Waals surface area contributed by atoms with Crippen LogP contribution < -0.4 is 19.7 Å². The minimum Gasteiger partial charge on any atom is -0.493 e. The van der Waals surface area contributed by atoms with Gasteiger partial charge in [-0.15, -0.1) is 10.2 Å². The highest BCUT2D eigenvalue weighted by molar-refractivity contribution is 8.01. The molecule has 1 aromatic heterocycles. The Morgan fingerprint density at radius 1 is 1.09 bits per heavy atom. The Hall–Kier alpha value is -2.53. The normalized spacial score (nSPS) is 16.5. The zero-order chi connectivity index (χ0) is 23.9. The lowest BCUT2D eigenvalue weighted by atomic mass is 10.1. The van der Waals surface area contributed by atoms with E-state index in [1.807, 2.05) is 23.1 Å². The predicted octanol–water partition coefficient (Wildman–Crippen LogP) is 2.60. The molecule has 2 aliphatic rings. The molecule has 0 spiro atoms. The molecular formula is C23H31N5O4S2. The second kappa shape index (κ2) is 11.7. The van der Waals surface area contributed by atoms with Gasteiger partial charge >= 0.3 is 0 Å². The molecular weight excluding hydrogens is 474 g/mol. The number of rotatable bonds is 9. The highest BCUT2D eigenvalue weighted by atomic mass is 32.2. The first-order chi connectivity index (χ1) is 16.6. The van der Waals surface area contributed by atoms with Gasteiger partial charge in [0.2, 0.25) is 16.9 Å². The number of amides is 2. The zero-order valence-corrected chi connectivity index (χ0v) is 21.3. The predicted molar refractivity (Wildman–Crippen MR) is 133 cm³/mol. The van der Waals surface area contributed by atoms with Crippen LogP contribution in [-0.2, 0) is 16.0 Å². The Morgan fingerprint density at radius 3 is 2.53 bits per heavy atom. The number of hydrogen-bond acceptors (Lipinski definition) is 9. The van der Waals surface area contributed by atoms with Gasteiger partial charge in [0, 0.05) is 32.2 Å². The van der Waals surface area contributed by atoms with E-state index >= 15 is 0 Å². The van der Waals surface area contributed by atoms with E-state index < -0.39 is 0 Å². The van der Waals surface area contributed by atoms with Gasteiger partial charge in [0.25, 0.3) is 0 Å². The molecule has 2 aromatic rings. The molecule has 1 aliphatic heterocycles. The molecule has 2 amide bonds. The average molecular weight is 506 g/mol. The fourth-order valence-electron chi connectivity index (χ4n) is 4.28. The van der Waals surface area contributed by atoms with E-state index in [9.17, 15) is 9.59 Å². The smallest absolute Gasteiger partial charge is 0.230 e. The topological polar surface area (TPSA) is 96.9 Å². The summed E-state index contributed by atoms with van der Waals surface area (Å²) in [5, 5.41) is 12.5. The average Bonchev–Trinajstić information content (AvgIpc) is 3.55. The van der Waals surface area contributed by atoms with Crippen LogP contribution >= 0.6 is 23.1 Å². The second-order valence-electron chi connectivity index (χ2n) is 8.42. The van der Waals surface area contributed by atoms with Crippen molar-refractivity contribution >= 4 is 40.0 Å². The lowest BCUT2D eigenvalue weighted by molar-refractivity contribution is -0.130. The van der Waals surface area contributed by atoms with Crippen LogP contribution in [0.3, 0.4) is 0 Å². The maximum absolute atomic E-state index is 12.8. The molecule has 0 bridgehead atoms. The van der Waals surface area contributed by atoms with E-state index in [-0.39, 0.29) is 11.8 Å². The maximum Gasteiger partial charge on any atom is 0.230 e. The molecule has 0 radical (unpaired) electrons. The molecule has 184 valence electrons. The van der Waals surface area contributed by atoms with E-state index in [4.69, 9.17) is 9.47 Å². The lowest BCUT2D eigenvalue weighted by Gasteiger charge is -2.34. The van der Waals surface area contributed by atoms with Crippen molar-refractivity contribution in [1.82, 2.24) is 20.4 Å². The summed E-state index contributed by atoms with van der Waals surface area (Å²) in [6.45, 7) is 2.69. The monoisotopic (exact) mass is 505 g/mol. The van der Waals surface area contributed by atoms with Gasteiger partial charge in [0.05, 0.1) is 26.4 Å². The quantitative estimate of drug-likeness (QED) is 0.520. The number of methoxy groups -OCH3 is 2. The van der Waals surface area contributed by atoms with Crippen LogP contribution in [0.2, 0.25) is 0 Å². The van der Waals surface area contributed by atoms with Crippen LogP contribution in [0, 0.1) is 0 Å². The number of ether oxygens (including phenoxy) is 2. The van der Waals surface area contributed by atoms with Crippen LogP contribution in [0.25, 0.3) is 0 Å². The fourth-order valence-corrected chi connectivity index (χ4v) is 5.98. The SMILES string of the molecule is COc1ccc(CC(=O)N2CCN(c3nnc(SCC(=O)NC4CCCC4)s3)CC2)cc1OC. The summed E-state index contributed by atoms with van der Waals surface area (Å²) in [5.74, 6) is 1.79. The van der Waals surface area contributed by atoms with Gasteiger partial charge < -0.3 is 24.6 Å². The minimum absolute atomic E-state index is 0.0651. The van der Waals surface area contributed by atoms with Gasteiger partial charge in [0.15, 0.2) is 15.8 Å². The van der Waals surface area contributed by atoms with E-state index in [1.165, 1.54) is 35.9 Å². The minimum atomic E-state index is 0.0651. The number of aromatic nitrogens is 2. The number of thioether (sulfide) groups is 1. The Morgan fingerprint density at radius 2 is 1.82 bits per heavy atom. The van der Waals surface area contributed by atoms with Crippen LogP contribution in [0.5, 0.6) is 11.5 Å². The number of carbonyl (C=O) groups excluding carboxylic acids is 2. The number of anilines is 1. The van der Waals surface area contributed by atoms with E-state index in [0.29, 0.717) is 55.9 Å². The zero-order valence-electron chi connectivity index (χ0n) is 19.6. The molecule has 1 aromatic carbocycles. The first-order valence-electron chi connectivity index (χ1n) is 11.5. The summed E-state index contributed by atoms with van der Waals surface area (Å²) in [7, 11) is 3.18. The van der Waals surface area contributed by atoms with Gasteiger partial charge in [-0.2, -0.15) is 0 Å². The molecule has 9 nitrogen and oxygen atoms in total. The molecule has 1 N–H and O–H groups in total. The standard InChI is InChI=1S/C23H31N5O4S2/c1-31-18-8-7-16(13-19(18)32-2)14-21(30)27-9-11-28(12-10-27)22-25-26-23(34-22)33-15-20(29)24-17-5-3-4-6-17/h7-8,13,17H,3-6,9-12,14-15H2,1-2H3,(H,24,29). The molecule has 1 aliphatic carbocycles. The third-order valence-corrected chi connectivity index (χ3v) is 8.27. The van der Waals surface area contributed by atoms with Gasteiger partial charge in [-0.3, -0.25) is 9.59 Å². The Balaban J connectivity index is 1.22. The highest BCUT2D eigenvalue weighted by Gasteiger charge is 2.24. The summed E-state index contributed by atoms with van der Waals surface area (Å²) in [5.41, 5.74) is 0.896. The summed E-state index contributed by atoms with van der Waals surface area (Å²) in [4.78, 5) is 29.0. The molecule has 4 rings (SSSR count). The molecule has 1 saturated heterocycles. The van der Waals surface area contributed by atoms with Gasteiger partial charge in [-0.05, 0) is 30.5 Å². The Labute approximate surface area is 208 Å². The first kappa shape index (κ1) is 24.6. The van der Waals surface area contributed by atoms with Crippen LogP contribution in [0.1, 0.15) is 31.2 Å². The molecule has 2 heterocycles. The third-order valence-electron chi connectivity index (χ3n) is 6.15. The second-order valence-corrected chi connectivity index (χ2v) is 10.6. The number of benzene rings is 1. The molecule has 0 unspecified atom stereocenters. The molecule has 11 heteroatoms. The number of carbonyl (C=O) groups is 2. The Kier molecular flexibility index (Phi) is 8.49. The number of hydrogen-bond donors (Lipinski definition) is 1. The summed E-state index contributed by atoms with van der Waals surface area (Å²) in [6, 6.07) is 5.90. The number of nitrogens with one attached hydrogen (secondary N) is 1. The van der Waals surface area contributed by atoms with E-state index in [2.05, 4.69) is 20.4 Å². The fraction of sp³-hybridized carbons (Fsp3) is 0.565. The van der Waals surface area contributed by atoms with Crippen LogP contribution in [-0.4, -0.2) is 79.1 Å². The lowest BCUT2D eigenvalue weighted by Crippen LogP contribution is -2.49. The van der Waals surface area contributed by atoms with Crippen LogP contribution in [0.15, 0.2) is 22.5 Å². The molecule has 0 atom stereocenters. The largest absolute Gasteiger partial charge is 0.493 e. The summed E-state index contributed by atoms with van der Waals surface area (Å²) >= 11 is 2.93. The summed E-state index contributed by atoms with van der Waals surface area (Å²) < 4.78 is 11.4. The van der Waals surface area contributed by atoms with Crippen molar-refractivity contribution in [2.75, 3.05) is 51.1 Å². The third kappa shape index (κ3) is 6.32. The van der Waals surface area contributed by atoms with Crippen molar-refractivity contribution in [3.8, 4) is 11.5 Å². The Bertz CT molecular complexity index is 987. The maximum atomic E-state index is 12.8. The first-order valence-corrected chi connectivity index (χ1v) is 13.3. The summed E-state index contributed by atoms with van der Waals surface area (Å²) in [6.07, 6.45) is 4.90. The van der Waals surface area contributed by atoms with Crippen molar-refractivity contribution in [3.63, 3.8) is 0 Å². The van der Waals surface area contributed by atoms with Gasteiger partial charge in [-0.25, -0.2) is 0 Å². The van der Waals surface area contributed by atoms with Crippen molar-refractivity contribution in [2.24, 2.45) is 0 Å². The molecule has 34 heavy (non-hydrogen) atoms. The highest BCUT2D eigenvalue weighted by Crippen LogP contribution is 2.30. The van der Waals surface area contributed by atoms with E-state index in [1.54, 1.807) is 14.2 Å². The molecule has 1 saturated carbocycles. The number of piperazine rings is 1. The van der Waals surface area contributed by atoms with E-state index in [0.717, 1.165) is 27.9 Å². The van der Waals surface area contributed by atoms with Crippen molar-refractivity contribution in [1.29, 1.82) is 0 Å². The van der Waals surface area contributed by atoms with Crippen molar-refractivity contribution < 1.29 is 19.1 Å². The van der Waals surface area contributed by atoms with Crippen molar-refractivity contribution in [3.05, 3.63) is 23.8 Å². The van der Waals surface area contributed by atoms with Gasteiger partial charge in [0.1, 0.15) is 0 Å². The van der Waals surface area contributed by atoms with Gasteiger partial charge in [-0.1, -0.05) is 42.0 Å². The number of nitrogens with zero attached hydrogens (tertiary/aromatic N) is 4. The molecule has 2 fully saturated rings. The van der Waals surface area contributed by atoms with Crippen LogP contribution in [0.4, 0.5) is 5.13 Å².